The summed E-state index contributed by atoms with van der Waals surface area (Å²) in [6.45, 7) is 0. The summed E-state index contributed by atoms with van der Waals surface area (Å²) < 4.78 is 33.6. The molecule has 0 aliphatic heterocycles. The third kappa shape index (κ3) is 2.55. The predicted molar refractivity (Wildman–Crippen MR) is 23.3 cm³/mol. The number of carbonyl (C=O) groups is 1. The van der Waals surface area contributed by atoms with E-state index < -0.39 is 17.5 Å². The molecular weight excluding hydrogens is 160 g/mol. The van der Waals surface area contributed by atoms with Crippen molar-refractivity contribution in [1.82, 2.24) is 0 Å². The second-order valence-corrected chi connectivity index (χ2v) is 1.68. The lowest BCUT2D eigenvalue weighted by atomic mass is 10.4. The van der Waals surface area contributed by atoms with Gasteiger partial charge in [0.25, 0.3) is 0 Å². The minimum Gasteiger partial charge on any atom is -0.480 e. The van der Waals surface area contributed by atoms with Crippen LogP contribution < -0.4 is 0 Å². The van der Waals surface area contributed by atoms with Gasteiger partial charge in [0.2, 0.25) is 5.38 Å². The van der Waals surface area contributed by atoms with Gasteiger partial charge in [0.15, 0.2) is 0 Å². The summed E-state index contributed by atoms with van der Waals surface area (Å²) in [6.07, 6.45) is -4.85. The molecule has 0 heterocycles. The molecule has 1 atom stereocenters. The molecule has 0 unspecified atom stereocenters. The Morgan fingerprint density at radius 2 is 1.89 bits per heavy atom. The Labute approximate surface area is 53.2 Å². The molecule has 0 aromatic heterocycles. The molecule has 0 saturated carbocycles. The number of halogens is 4. The highest BCUT2D eigenvalue weighted by molar-refractivity contribution is 6.30. The Morgan fingerprint density at radius 1 is 1.56 bits per heavy atom. The van der Waals surface area contributed by atoms with E-state index in [2.05, 4.69) is 11.6 Å². The quantitative estimate of drug-likeness (QED) is 0.589. The number of hydrogen-bond acceptors (Lipinski definition) is 1. The first-order chi connectivity index (χ1) is 3.85. The van der Waals surface area contributed by atoms with Crippen molar-refractivity contribution < 1.29 is 23.1 Å². The van der Waals surface area contributed by atoms with Crippen molar-refractivity contribution in [3.05, 3.63) is 0 Å². The van der Waals surface area contributed by atoms with Crippen LogP contribution in [0.25, 0.3) is 0 Å². The molecule has 0 bridgehead atoms. The molecular formula is C3H2ClF3O2. The maximum atomic E-state index is 11.2. The van der Waals surface area contributed by atoms with E-state index in [1.54, 1.807) is 0 Å². The van der Waals surface area contributed by atoms with Gasteiger partial charge in [-0.05, 0) is 0 Å². The highest BCUT2D eigenvalue weighted by Crippen LogP contribution is 2.24. The SMILES string of the molecule is O=C(O)[C@H](Cl)C(F)(F)F. The smallest absolute Gasteiger partial charge is 0.415 e. The fourth-order valence-corrected chi connectivity index (χ4v) is 0.140. The molecule has 0 aromatic rings. The van der Waals surface area contributed by atoms with E-state index in [9.17, 15) is 18.0 Å². The zero-order valence-corrected chi connectivity index (χ0v) is 4.70. The van der Waals surface area contributed by atoms with Gasteiger partial charge in [0.05, 0.1) is 0 Å². The Bertz CT molecular complexity index is 121. The standard InChI is InChI=1S/C3H2ClF3O2/c4-1(2(8)9)3(5,6)7/h1H,(H,8,9)/t1-/m0/s1. The van der Waals surface area contributed by atoms with Crippen molar-refractivity contribution in [1.29, 1.82) is 0 Å². The molecule has 0 radical (unpaired) electrons. The van der Waals surface area contributed by atoms with E-state index in [0.717, 1.165) is 0 Å². The number of aliphatic carboxylic acids is 1. The molecule has 0 aliphatic carbocycles. The number of hydrogen-bond donors (Lipinski definition) is 1. The molecule has 0 saturated heterocycles. The lowest BCUT2D eigenvalue weighted by molar-refractivity contribution is -0.163. The van der Waals surface area contributed by atoms with Crippen molar-refractivity contribution in [2.45, 2.75) is 11.6 Å². The normalized spacial score (nSPS) is 15.1. The predicted octanol–water partition coefficient (Wildman–Crippen LogP) is 1.24. The van der Waals surface area contributed by atoms with Crippen LogP contribution in [0.2, 0.25) is 0 Å². The lowest BCUT2D eigenvalue weighted by Crippen LogP contribution is -2.31. The van der Waals surface area contributed by atoms with Gasteiger partial charge < -0.3 is 5.11 Å². The van der Waals surface area contributed by atoms with E-state index in [4.69, 9.17) is 5.11 Å². The van der Waals surface area contributed by atoms with E-state index in [1.165, 1.54) is 0 Å². The van der Waals surface area contributed by atoms with E-state index in [-0.39, 0.29) is 0 Å². The first-order valence-corrected chi connectivity index (χ1v) is 2.23. The molecule has 2 nitrogen and oxygen atoms in total. The third-order valence-corrected chi connectivity index (χ3v) is 0.938. The number of alkyl halides is 4. The second kappa shape index (κ2) is 2.43. The van der Waals surface area contributed by atoms with Crippen LogP contribution in [0, 0.1) is 0 Å². The van der Waals surface area contributed by atoms with Gasteiger partial charge in [-0.15, -0.1) is 11.6 Å². The Morgan fingerprint density at radius 3 is 1.89 bits per heavy atom. The Hall–Kier alpha value is -0.450. The zero-order valence-electron chi connectivity index (χ0n) is 3.94. The van der Waals surface area contributed by atoms with Gasteiger partial charge in [-0.25, -0.2) is 0 Å². The average Bonchev–Trinajstić information content (AvgIpc) is 1.62. The van der Waals surface area contributed by atoms with Gasteiger partial charge in [-0.2, -0.15) is 13.2 Å². The van der Waals surface area contributed by atoms with Gasteiger partial charge >= 0.3 is 12.1 Å². The van der Waals surface area contributed by atoms with Crippen molar-refractivity contribution in [2.24, 2.45) is 0 Å². The molecule has 0 spiro atoms. The van der Waals surface area contributed by atoms with E-state index in [1.807, 2.05) is 0 Å². The molecule has 0 aromatic carbocycles. The minimum atomic E-state index is -4.85. The average molecular weight is 162 g/mol. The fraction of sp³-hybridized carbons (Fsp3) is 0.667. The Balaban J connectivity index is 4.04. The molecule has 0 aliphatic rings. The van der Waals surface area contributed by atoms with Crippen LogP contribution in [0.3, 0.4) is 0 Å². The molecule has 1 N–H and O–H groups in total. The van der Waals surface area contributed by atoms with E-state index in [0.29, 0.717) is 0 Å². The summed E-state index contributed by atoms with van der Waals surface area (Å²) in [7, 11) is 0. The maximum absolute atomic E-state index is 11.2. The van der Waals surface area contributed by atoms with Crippen molar-refractivity contribution in [3.8, 4) is 0 Å². The molecule has 6 heteroatoms. The van der Waals surface area contributed by atoms with Gasteiger partial charge in [0.1, 0.15) is 0 Å². The first kappa shape index (κ1) is 8.55. The van der Waals surface area contributed by atoms with Crippen molar-refractivity contribution in [2.75, 3.05) is 0 Å². The van der Waals surface area contributed by atoms with Gasteiger partial charge in [-0.1, -0.05) is 0 Å². The summed E-state index contributed by atoms with van der Waals surface area (Å²) >= 11 is 4.37. The monoisotopic (exact) mass is 162 g/mol. The summed E-state index contributed by atoms with van der Waals surface area (Å²) in [5, 5.41) is 4.87. The fourth-order valence-electron chi connectivity index (χ4n) is 0.140. The maximum Gasteiger partial charge on any atom is 0.415 e. The summed E-state index contributed by atoms with van der Waals surface area (Å²) in [5.74, 6) is -2.08. The van der Waals surface area contributed by atoms with Gasteiger partial charge in [-0.3, -0.25) is 4.79 Å². The van der Waals surface area contributed by atoms with Crippen LogP contribution in [-0.4, -0.2) is 22.6 Å². The van der Waals surface area contributed by atoms with Gasteiger partial charge in [0, 0.05) is 0 Å². The van der Waals surface area contributed by atoms with E-state index >= 15 is 0 Å². The Kier molecular flexibility index (Phi) is 2.31. The first-order valence-electron chi connectivity index (χ1n) is 1.79. The summed E-state index contributed by atoms with van der Waals surface area (Å²) in [6, 6.07) is 0. The molecule has 0 fully saturated rings. The summed E-state index contributed by atoms with van der Waals surface area (Å²) in [5.41, 5.74) is 0. The molecule has 9 heavy (non-hydrogen) atoms. The van der Waals surface area contributed by atoms with Crippen molar-refractivity contribution >= 4 is 17.6 Å². The topological polar surface area (TPSA) is 37.3 Å². The van der Waals surface area contributed by atoms with Crippen LogP contribution >= 0.6 is 11.6 Å². The van der Waals surface area contributed by atoms with Crippen LogP contribution in [-0.2, 0) is 4.79 Å². The number of rotatable bonds is 1. The number of carboxylic acids is 1. The zero-order chi connectivity index (χ0) is 7.65. The highest BCUT2D eigenvalue weighted by atomic mass is 35.5. The number of carboxylic acid groups (broad SMARTS) is 1. The highest BCUT2D eigenvalue weighted by Gasteiger charge is 2.43. The molecule has 0 rings (SSSR count). The second-order valence-electron chi connectivity index (χ2n) is 1.24. The minimum absolute atomic E-state index is 2.08. The van der Waals surface area contributed by atoms with Crippen LogP contribution in [0.1, 0.15) is 0 Å². The van der Waals surface area contributed by atoms with Crippen LogP contribution in [0.15, 0.2) is 0 Å². The largest absolute Gasteiger partial charge is 0.480 e. The van der Waals surface area contributed by atoms with Crippen molar-refractivity contribution in [3.63, 3.8) is 0 Å². The summed E-state index contributed by atoms with van der Waals surface area (Å²) in [4.78, 5) is 9.49. The lowest BCUT2D eigenvalue weighted by Gasteiger charge is -2.06. The third-order valence-electron chi connectivity index (χ3n) is 0.504. The van der Waals surface area contributed by atoms with Crippen LogP contribution in [0.4, 0.5) is 13.2 Å². The molecule has 54 valence electrons. The van der Waals surface area contributed by atoms with Crippen LogP contribution in [0.5, 0.6) is 0 Å². The molecule has 0 amide bonds.